The zero-order valence-electron chi connectivity index (χ0n) is 14.2. The van der Waals surface area contributed by atoms with E-state index in [4.69, 9.17) is 19.7 Å². The SMILES string of the molecule is COc1ccc(-c2conc2-c2cc(C)c(C)c(OC)c2)cc1N. The van der Waals surface area contributed by atoms with Gasteiger partial charge in [0.2, 0.25) is 0 Å². The lowest BCUT2D eigenvalue weighted by Crippen LogP contribution is -1.94. The van der Waals surface area contributed by atoms with Crippen LogP contribution in [-0.4, -0.2) is 19.4 Å². The quantitative estimate of drug-likeness (QED) is 0.727. The van der Waals surface area contributed by atoms with E-state index in [9.17, 15) is 0 Å². The number of methoxy groups -OCH3 is 2. The Balaban J connectivity index is 2.12. The molecule has 0 spiro atoms. The van der Waals surface area contributed by atoms with Crippen molar-refractivity contribution in [3.8, 4) is 33.9 Å². The summed E-state index contributed by atoms with van der Waals surface area (Å²) in [5.74, 6) is 1.47. The first-order valence-electron chi connectivity index (χ1n) is 7.59. The molecule has 5 heteroatoms. The highest BCUT2D eigenvalue weighted by Gasteiger charge is 2.16. The summed E-state index contributed by atoms with van der Waals surface area (Å²) in [6.07, 6.45) is 1.62. The Kier molecular flexibility index (Phi) is 4.16. The number of aryl methyl sites for hydroxylation is 1. The Morgan fingerprint density at radius 1 is 0.958 bits per heavy atom. The lowest BCUT2D eigenvalue weighted by Gasteiger charge is -2.11. The molecule has 5 nitrogen and oxygen atoms in total. The van der Waals surface area contributed by atoms with E-state index in [0.717, 1.165) is 39.3 Å². The van der Waals surface area contributed by atoms with Gasteiger partial charge in [0.05, 0.1) is 19.9 Å². The Labute approximate surface area is 141 Å². The van der Waals surface area contributed by atoms with Crippen LogP contribution in [0.4, 0.5) is 5.69 Å². The van der Waals surface area contributed by atoms with Crippen molar-refractivity contribution >= 4 is 5.69 Å². The van der Waals surface area contributed by atoms with Crippen molar-refractivity contribution in [3.63, 3.8) is 0 Å². The van der Waals surface area contributed by atoms with Crippen LogP contribution in [0, 0.1) is 13.8 Å². The number of hydrogen-bond acceptors (Lipinski definition) is 5. The van der Waals surface area contributed by atoms with E-state index >= 15 is 0 Å². The molecule has 0 radical (unpaired) electrons. The molecule has 0 atom stereocenters. The molecule has 1 aromatic heterocycles. The number of nitrogen functional groups attached to an aromatic ring is 1. The minimum Gasteiger partial charge on any atom is -0.496 e. The number of anilines is 1. The minimum atomic E-state index is 0.569. The normalized spacial score (nSPS) is 10.7. The van der Waals surface area contributed by atoms with Crippen molar-refractivity contribution < 1.29 is 14.0 Å². The summed E-state index contributed by atoms with van der Waals surface area (Å²) in [6, 6.07) is 9.67. The van der Waals surface area contributed by atoms with Gasteiger partial charge >= 0.3 is 0 Å². The van der Waals surface area contributed by atoms with Crippen molar-refractivity contribution in [2.24, 2.45) is 0 Å². The van der Waals surface area contributed by atoms with Crippen LogP contribution in [0.25, 0.3) is 22.4 Å². The van der Waals surface area contributed by atoms with Crippen LogP contribution < -0.4 is 15.2 Å². The van der Waals surface area contributed by atoms with Crippen molar-refractivity contribution in [2.45, 2.75) is 13.8 Å². The maximum atomic E-state index is 6.02. The molecule has 0 aliphatic heterocycles. The lowest BCUT2D eigenvalue weighted by atomic mass is 9.98. The molecule has 3 rings (SSSR count). The Morgan fingerprint density at radius 3 is 2.38 bits per heavy atom. The zero-order chi connectivity index (χ0) is 17.3. The molecule has 0 aliphatic rings. The summed E-state index contributed by atoms with van der Waals surface area (Å²) in [5, 5.41) is 4.18. The number of rotatable bonds is 4. The predicted molar refractivity (Wildman–Crippen MR) is 94.4 cm³/mol. The fourth-order valence-electron chi connectivity index (χ4n) is 2.73. The summed E-state index contributed by atoms with van der Waals surface area (Å²) in [4.78, 5) is 0. The number of nitrogens with zero attached hydrogens (tertiary/aromatic N) is 1. The summed E-state index contributed by atoms with van der Waals surface area (Å²) in [5.41, 5.74) is 12.3. The monoisotopic (exact) mass is 324 g/mol. The number of benzene rings is 2. The predicted octanol–water partition coefficient (Wildman–Crippen LogP) is 4.22. The zero-order valence-corrected chi connectivity index (χ0v) is 14.2. The minimum absolute atomic E-state index is 0.569. The first-order valence-corrected chi connectivity index (χ1v) is 7.59. The first kappa shape index (κ1) is 15.9. The molecule has 0 fully saturated rings. The van der Waals surface area contributed by atoms with Crippen LogP contribution in [0.2, 0.25) is 0 Å². The maximum Gasteiger partial charge on any atom is 0.141 e. The van der Waals surface area contributed by atoms with Crippen LogP contribution >= 0.6 is 0 Å². The summed E-state index contributed by atoms with van der Waals surface area (Å²) >= 11 is 0. The van der Waals surface area contributed by atoms with E-state index in [-0.39, 0.29) is 0 Å². The first-order chi connectivity index (χ1) is 11.5. The molecule has 2 N–H and O–H groups in total. The molecule has 1 heterocycles. The smallest absolute Gasteiger partial charge is 0.141 e. The molecule has 0 saturated heterocycles. The van der Waals surface area contributed by atoms with Crippen molar-refractivity contribution in [1.82, 2.24) is 5.16 Å². The molecular weight excluding hydrogens is 304 g/mol. The fourth-order valence-corrected chi connectivity index (χ4v) is 2.73. The second-order valence-electron chi connectivity index (χ2n) is 5.65. The highest BCUT2D eigenvalue weighted by atomic mass is 16.5. The number of nitrogens with two attached hydrogens (primary N) is 1. The third-order valence-corrected chi connectivity index (χ3v) is 4.22. The Bertz CT molecular complexity index is 884. The summed E-state index contributed by atoms with van der Waals surface area (Å²) in [7, 11) is 3.26. The number of hydrogen-bond donors (Lipinski definition) is 1. The Morgan fingerprint density at radius 2 is 1.71 bits per heavy atom. The molecular formula is C19H20N2O3. The van der Waals surface area contributed by atoms with E-state index in [0.29, 0.717) is 11.4 Å². The largest absolute Gasteiger partial charge is 0.496 e. The van der Waals surface area contributed by atoms with E-state index in [1.165, 1.54) is 0 Å². The molecule has 3 aromatic rings. The average molecular weight is 324 g/mol. The van der Waals surface area contributed by atoms with Crippen molar-refractivity contribution in [1.29, 1.82) is 0 Å². The highest BCUT2D eigenvalue weighted by molar-refractivity contribution is 5.83. The van der Waals surface area contributed by atoms with E-state index in [1.54, 1.807) is 20.5 Å². The third kappa shape index (κ3) is 2.69. The summed E-state index contributed by atoms with van der Waals surface area (Å²) in [6.45, 7) is 4.08. The van der Waals surface area contributed by atoms with Crippen molar-refractivity contribution in [2.75, 3.05) is 20.0 Å². The molecule has 124 valence electrons. The van der Waals surface area contributed by atoms with Gasteiger partial charge in [-0.1, -0.05) is 11.2 Å². The van der Waals surface area contributed by atoms with Gasteiger partial charge in [-0.25, -0.2) is 0 Å². The molecule has 0 saturated carbocycles. The van der Waals surface area contributed by atoms with Gasteiger partial charge in [-0.2, -0.15) is 0 Å². The van der Waals surface area contributed by atoms with Gasteiger partial charge in [-0.3, -0.25) is 0 Å². The molecule has 0 unspecified atom stereocenters. The van der Waals surface area contributed by atoms with Crippen LogP contribution in [-0.2, 0) is 0 Å². The highest BCUT2D eigenvalue weighted by Crippen LogP contribution is 2.37. The second kappa shape index (κ2) is 6.28. The van der Waals surface area contributed by atoms with Gasteiger partial charge in [-0.05, 0) is 54.8 Å². The Hall–Kier alpha value is -2.95. The van der Waals surface area contributed by atoms with E-state index in [2.05, 4.69) is 11.2 Å². The molecule has 2 aromatic carbocycles. The van der Waals surface area contributed by atoms with Crippen LogP contribution in [0.15, 0.2) is 41.1 Å². The van der Waals surface area contributed by atoms with Crippen molar-refractivity contribution in [3.05, 3.63) is 47.7 Å². The topological polar surface area (TPSA) is 70.5 Å². The van der Waals surface area contributed by atoms with Gasteiger partial charge in [-0.15, -0.1) is 0 Å². The van der Waals surface area contributed by atoms with Gasteiger partial charge < -0.3 is 19.7 Å². The van der Waals surface area contributed by atoms with E-state index < -0.39 is 0 Å². The third-order valence-electron chi connectivity index (χ3n) is 4.22. The lowest BCUT2D eigenvalue weighted by molar-refractivity contribution is 0.411. The van der Waals surface area contributed by atoms with Gasteiger partial charge in [0.15, 0.2) is 0 Å². The average Bonchev–Trinajstić information content (AvgIpc) is 3.06. The van der Waals surface area contributed by atoms with Gasteiger partial charge in [0.25, 0.3) is 0 Å². The second-order valence-corrected chi connectivity index (χ2v) is 5.65. The van der Waals surface area contributed by atoms with Crippen LogP contribution in [0.5, 0.6) is 11.5 Å². The standard InChI is InChI=1S/C19H20N2O3/c1-11-7-14(9-18(23-4)12(11)2)19-15(10-24-21-19)13-5-6-17(22-3)16(20)8-13/h5-10H,20H2,1-4H3. The number of ether oxygens (including phenoxy) is 2. The van der Waals surface area contributed by atoms with Gasteiger partial charge in [0.1, 0.15) is 23.5 Å². The maximum absolute atomic E-state index is 6.02. The van der Waals surface area contributed by atoms with Crippen LogP contribution in [0.3, 0.4) is 0 Å². The molecule has 0 amide bonds. The van der Waals surface area contributed by atoms with Crippen LogP contribution in [0.1, 0.15) is 11.1 Å². The summed E-state index contributed by atoms with van der Waals surface area (Å²) < 4.78 is 15.9. The fraction of sp³-hybridized carbons (Fsp3) is 0.211. The molecule has 0 bridgehead atoms. The number of aromatic nitrogens is 1. The molecule has 24 heavy (non-hydrogen) atoms. The van der Waals surface area contributed by atoms with Gasteiger partial charge in [0, 0.05) is 11.1 Å². The van der Waals surface area contributed by atoms with E-state index in [1.807, 2.05) is 38.1 Å². The molecule has 0 aliphatic carbocycles.